The largest absolute Gasteiger partial charge is 0.478 e. The van der Waals surface area contributed by atoms with Crippen LogP contribution in [0.4, 0.5) is 0 Å². The molecule has 4 nitrogen and oxygen atoms in total. The molecule has 2 aromatic carbocycles. The van der Waals surface area contributed by atoms with Gasteiger partial charge in [0.1, 0.15) is 5.52 Å². The first-order chi connectivity index (χ1) is 9.56. The molecule has 0 aliphatic rings. The Bertz CT molecular complexity index is 828. The van der Waals surface area contributed by atoms with Crippen LogP contribution in [0.2, 0.25) is 5.02 Å². The summed E-state index contributed by atoms with van der Waals surface area (Å²) in [6.45, 7) is 0. The van der Waals surface area contributed by atoms with E-state index in [2.05, 4.69) is 20.9 Å². The molecule has 1 N–H and O–H groups in total. The molecular weight excluding hydrogens is 346 g/mol. The van der Waals surface area contributed by atoms with Gasteiger partial charge in [0.2, 0.25) is 5.89 Å². The van der Waals surface area contributed by atoms with Gasteiger partial charge >= 0.3 is 5.97 Å². The Morgan fingerprint density at radius 2 is 2.10 bits per heavy atom. The Kier molecular flexibility index (Phi) is 3.23. The lowest BCUT2D eigenvalue weighted by molar-refractivity contribution is 0.0699. The number of carboxylic acid groups (broad SMARTS) is 1. The highest BCUT2D eigenvalue weighted by Crippen LogP contribution is 2.33. The maximum Gasteiger partial charge on any atom is 0.338 e. The molecule has 20 heavy (non-hydrogen) atoms. The van der Waals surface area contributed by atoms with Crippen molar-refractivity contribution in [3.8, 4) is 11.5 Å². The summed E-state index contributed by atoms with van der Waals surface area (Å²) >= 11 is 9.48. The molecule has 0 atom stereocenters. The van der Waals surface area contributed by atoms with E-state index in [1.807, 2.05) is 0 Å². The zero-order valence-electron chi connectivity index (χ0n) is 9.93. The van der Waals surface area contributed by atoms with Gasteiger partial charge in [0.05, 0.1) is 16.1 Å². The Morgan fingerprint density at radius 3 is 2.85 bits per heavy atom. The molecule has 6 heteroatoms. The molecular formula is C14H7BrClNO3. The number of rotatable bonds is 2. The summed E-state index contributed by atoms with van der Waals surface area (Å²) < 4.78 is 6.43. The van der Waals surface area contributed by atoms with Gasteiger partial charge in [0.25, 0.3) is 0 Å². The van der Waals surface area contributed by atoms with E-state index in [-0.39, 0.29) is 5.56 Å². The zero-order chi connectivity index (χ0) is 14.3. The second-order valence-electron chi connectivity index (χ2n) is 4.10. The van der Waals surface area contributed by atoms with Crippen LogP contribution in [0.5, 0.6) is 0 Å². The van der Waals surface area contributed by atoms with Crippen LogP contribution in [0.25, 0.3) is 22.6 Å². The summed E-state index contributed by atoms with van der Waals surface area (Å²) in [5.74, 6) is -0.754. The van der Waals surface area contributed by atoms with E-state index in [9.17, 15) is 4.79 Å². The van der Waals surface area contributed by atoms with Gasteiger partial charge in [-0.05, 0) is 30.3 Å². The van der Waals surface area contributed by atoms with E-state index in [0.29, 0.717) is 27.6 Å². The first-order valence-corrected chi connectivity index (χ1v) is 6.81. The van der Waals surface area contributed by atoms with Crippen LogP contribution in [0, 0.1) is 0 Å². The average molecular weight is 353 g/mol. The molecule has 0 aliphatic heterocycles. The van der Waals surface area contributed by atoms with Crippen LogP contribution in [0.3, 0.4) is 0 Å². The Labute approximate surface area is 127 Å². The van der Waals surface area contributed by atoms with Crippen LogP contribution < -0.4 is 0 Å². The highest BCUT2D eigenvalue weighted by Gasteiger charge is 2.17. The summed E-state index contributed by atoms with van der Waals surface area (Å²) in [5, 5.41) is 9.63. The fourth-order valence-corrected chi connectivity index (χ4v) is 2.46. The van der Waals surface area contributed by atoms with Gasteiger partial charge in [-0.2, -0.15) is 0 Å². The monoisotopic (exact) mass is 351 g/mol. The minimum Gasteiger partial charge on any atom is -0.478 e. The second-order valence-corrected chi connectivity index (χ2v) is 5.42. The average Bonchev–Trinajstić information content (AvgIpc) is 2.84. The number of benzene rings is 2. The van der Waals surface area contributed by atoms with E-state index >= 15 is 0 Å². The number of aromatic nitrogens is 1. The number of nitrogens with zero attached hydrogens (tertiary/aromatic N) is 1. The number of aromatic carboxylic acids is 1. The van der Waals surface area contributed by atoms with Crippen molar-refractivity contribution in [1.82, 2.24) is 4.98 Å². The molecule has 1 heterocycles. The summed E-state index contributed by atoms with van der Waals surface area (Å²) in [7, 11) is 0. The number of hydrogen-bond acceptors (Lipinski definition) is 3. The fourth-order valence-electron chi connectivity index (χ4n) is 1.90. The molecule has 3 rings (SSSR count). The lowest BCUT2D eigenvalue weighted by atomic mass is 10.2. The van der Waals surface area contributed by atoms with Gasteiger partial charge in [-0.1, -0.05) is 33.6 Å². The maximum absolute atomic E-state index is 11.2. The van der Waals surface area contributed by atoms with Gasteiger partial charge in [-0.3, -0.25) is 0 Å². The molecule has 1 aromatic heterocycles. The number of fused-ring (bicyclic) bond motifs is 1. The number of hydrogen-bond donors (Lipinski definition) is 1. The molecule has 0 amide bonds. The second kappa shape index (κ2) is 4.92. The highest BCUT2D eigenvalue weighted by molar-refractivity contribution is 9.10. The molecule has 0 saturated heterocycles. The van der Waals surface area contributed by atoms with Crippen molar-refractivity contribution >= 4 is 44.6 Å². The first-order valence-electron chi connectivity index (χ1n) is 5.64. The summed E-state index contributed by atoms with van der Waals surface area (Å²) in [6, 6.07) is 10.1. The predicted molar refractivity (Wildman–Crippen MR) is 79.1 cm³/mol. The van der Waals surface area contributed by atoms with E-state index in [0.717, 1.165) is 4.47 Å². The third kappa shape index (κ3) is 2.19. The summed E-state index contributed by atoms with van der Waals surface area (Å²) in [4.78, 5) is 15.4. The summed E-state index contributed by atoms with van der Waals surface area (Å²) in [5.41, 5.74) is 1.43. The highest BCUT2D eigenvalue weighted by atomic mass is 79.9. The first kappa shape index (κ1) is 13.1. The molecule has 0 saturated carbocycles. The number of para-hydroxylation sites is 1. The standard InChI is InChI=1S/C14H7BrClNO3/c15-7-4-5-10(16)9(6-7)13-17-12-8(14(18)19)2-1-3-11(12)20-13/h1-6H,(H,18,19). The van der Waals surface area contributed by atoms with E-state index in [1.165, 1.54) is 6.07 Å². The van der Waals surface area contributed by atoms with Crippen molar-refractivity contribution < 1.29 is 14.3 Å². The number of carboxylic acids is 1. The fraction of sp³-hybridized carbons (Fsp3) is 0. The maximum atomic E-state index is 11.2. The summed E-state index contributed by atoms with van der Waals surface area (Å²) in [6.07, 6.45) is 0. The smallest absolute Gasteiger partial charge is 0.338 e. The predicted octanol–water partition coefficient (Wildman–Crippen LogP) is 4.61. The van der Waals surface area contributed by atoms with Crippen molar-refractivity contribution in [2.75, 3.05) is 0 Å². The quantitative estimate of drug-likeness (QED) is 0.731. The Morgan fingerprint density at radius 1 is 1.30 bits per heavy atom. The lowest BCUT2D eigenvalue weighted by Crippen LogP contribution is -1.96. The number of carbonyl (C=O) groups is 1. The molecule has 0 radical (unpaired) electrons. The molecule has 0 fully saturated rings. The van der Waals surface area contributed by atoms with E-state index in [1.54, 1.807) is 30.3 Å². The van der Waals surface area contributed by atoms with Gasteiger partial charge in [0.15, 0.2) is 5.58 Å². The van der Waals surface area contributed by atoms with Crippen LogP contribution >= 0.6 is 27.5 Å². The van der Waals surface area contributed by atoms with Gasteiger partial charge in [0, 0.05) is 4.47 Å². The van der Waals surface area contributed by atoms with E-state index in [4.69, 9.17) is 21.1 Å². The van der Waals surface area contributed by atoms with Gasteiger partial charge < -0.3 is 9.52 Å². The molecule has 100 valence electrons. The topological polar surface area (TPSA) is 63.3 Å². The van der Waals surface area contributed by atoms with Crippen molar-refractivity contribution in [2.45, 2.75) is 0 Å². The zero-order valence-corrected chi connectivity index (χ0v) is 12.3. The van der Waals surface area contributed by atoms with Crippen molar-refractivity contribution in [3.05, 3.63) is 51.5 Å². The van der Waals surface area contributed by atoms with Gasteiger partial charge in [-0.25, -0.2) is 9.78 Å². The van der Waals surface area contributed by atoms with E-state index < -0.39 is 5.97 Å². The van der Waals surface area contributed by atoms with Gasteiger partial charge in [-0.15, -0.1) is 0 Å². The molecule has 0 aliphatic carbocycles. The minimum atomic E-state index is -1.05. The SMILES string of the molecule is O=C(O)c1cccc2oc(-c3cc(Br)ccc3Cl)nc12. The van der Waals surface area contributed by atoms with Crippen molar-refractivity contribution in [1.29, 1.82) is 0 Å². The Balaban J connectivity index is 2.26. The number of halogens is 2. The third-order valence-electron chi connectivity index (χ3n) is 2.81. The van der Waals surface area contributed by atoms with Crippen molar-refractivity contribution in [2.24, 2.45) is 0 Å². The lowest BCUT2D eigenvalue weighted by Gasteiger charge is -1.99. The molecule has 0 spiro atoms. The molecule has 0 bridgehead atoms. The van der Waals surface area contributed by atoms with Crippen molar-refractivity contribution in [3.63, 3.8) is 0 Å². The number of oxazole rings is 1. The van der Waals surface area contributed by atoms with Crippen LogP contribution in [0.15, 0.2) is 45.3 Å². The Hall–Kier alpha value is -1.85. The van der Waals surface area contributed by atoms with Crippen LogP contribution in [-0.2, 0) is 0 Å². The third-order valence-corrected chi connectivity index (χ3v) is 3.63. The van der Waals surface area contributed by atoms with Crippen LogP contribution in [0.1, 0.15) is 10.4 Å². The minimum absolute atomic E-state index is 0.101. The molecule has 3 aromatic rings. The van der Waals surface area contributed by atoms with Crippen LogP contribution in [-0.4, -0.2) is 16.1 Å². The normalized spacial score (nSPS) is 10.9. The molecule has 0 unspecified atom stereocenters.